The Morgan fingerprint density at radius 2 is 1.78 bits per heavy atom. The molecule has 37 heavy (non-hydrogen) atoms. The molecule has 1 saturated carbocycles. The third-order valence-electron chi connectivity index (χ3n) is 8.16. The van der Waals surface area contributed by atoms with E-state index in [1.165, 1.54) is 12.5 Å². The Morgan fingerprint density at radius 3 is 2.46 bits per heavy atom. The second-order valence-electron chi connectivity index (χ2n) is 10.4. The zero-order chi connectivity index (χ0) is 26.2. The van der Waals surface area contributed by atoms with Crippen molar-refractivity contribution in [2.45, 2.75) is 50.6 Å². The molecule has 2 amide bonds. The van der Waals surface area contributed by atoms with Crippen molar-refractivity contribution in [2.75, 3.05) is 44.2 Å². The van der Waals surface area contributed by atoms with Gasteiger partial charge in [-0.3, -0.25) is 14.5 Å². The second kappa shape index (κ2) is 10.8. The lowest BCUT2D eigenvalue weighted by Crippen LogP contribution is -2.54. The molecule has 5 rings (SSSR count). The summed E-state index contributed by atoms with van der Waals surface area (Å²) >= 11 is 12.1. The van der Waals surface area contributed by atoms with E-state index in [1.54, 1.807) is 4.90 Å². The van der Waals surface area contributed by atoms with Crippen LogP contribution >= 0.6 is 23.2 Å². The van der Waals surface area contributed by atoms with Gasteiger partial charge in [-0.2, -0.15) is 0 Å². The molecule has 0 aromatic heterocycles. The molecule has 2 aromatic carbocycles. The summed E-state index contributed by atoms with van der Waals surface area (Å²) in [5, 5.41) is 3.41. The summed E-state index contributed by atoms with van der Waals surface area (Å²) in [4.78, 5) is 33.1. The number of hydrogen-bond acceptors (Lipinski definition) is 4. The average Bonchev–Trinajstić information content (AvgIpc) is 3.42. The minimum absolute atomic E-state index is 0.00130. The molecule has 9 heteroatoms. The van der Waals surface area contributed by atoms with Crippen LogP contribution in [-0.4, -0.2) is 72.5 Å². The van der Waals surface area contributed by atoms with Gasteiger partial charge in [0.05, 0.1) is 22.2 Å². The molecule has 2 aliphatic heterocycles. The second-order valence-corrected chi connectivity index (χ2v) is 11.2. The Balaban J connectivity index is 1.26. The fourth-order valence-corrected chi connectivity index (χ4v) is 6.83. The third kappa shape index (κ3) is 5.18. The van der Waals surface area contributed by atoms with Crippen molar-refractivity contribution in [3.63, 3.8) is 0 Å². The van der Waals surface area contributed by atoms with Crippen LogP contribution in [0.4, 0.5) is 10.1 Å². The van der Waals surface area contributed by atoms with E-state index in [-0.39, 0.29) is 27.6 Å². The number of carbonyl (C=O) groups excluding carboxylic acids is 2. The summed E-state index contributed by atoms with van der Waals surface area (Å²) in [5.41, 5.74) is 1.05. The van der Waals surface area contributed by atoms with E-state index in [4.69, 9.17) is 23.2 Å². The molecule has 0 radical (unpaired) electrons. The highest BCUT2D eigenvalue weighted by atomic mass is 35.5. The molecule has 1 N–H and O–H groups in total. The van der Waals surface area contributed by atoms with Crippen molar-refractivity contribution in [1.82, 2.24) is 15.1 Å². The maximum Gasteiger partial charge on any atom is 0.258 e. The van der Waals surface area contributed by atoms with Gasteiger partial charge in [-0.15, -0.1) is 0 Å². The molecule has 198 valence electrons. The summed E-state index contributed by atoms with van der Waals surface area (Å²) < 4.78 is 14.6. The van der Waals surface area contributed by atoms with Crippen LogP contribution in [0.2, 0.25) is 10.0 Å². The molecular formula is C28H33Cl2FN4O2. The lowest BCUT2D eigenvalue weighted by atomic mass is 9.92. The molecule has 0 spiro atoms. The van der Waals surface area contributed by atoms with Gasteiger partial charge in [0.2, 0.25) is 0 Å². The van der Waals surface area contributed by atoms with Gasteiger partial charge in [-0.25, -0.2) is 4.39 Å². The van der Waals surface area contributed by atoms with E-state index in [1.807, 2.05) is 24.3 Å². The fourth-order valence-electron chi connectivity index (χ4n) is 6.28. The van der Waals surface area contributed by atoms with Gasteiger partial charge in [-0.05, 0) is 75.0 Å². The fraction of sp³-hybridized carbons (Fsp3) is 0.500. The average molecular weight is 548 g/mol. The van der Waals surface area contributed by atoms with Crippen molar-refractivity contribution >= 4 is 40.7 Å². The molecular weight excluding hydrogens is 514 g/mol. The lowest BCUT2D eigenvalue weighted by Gasteiger charge is -2.36. The van der Waals surface area contributed by atoms with Crippen LogP contribution in [0.5, 0.6) is 0 Å². The Kier molecular flexibility index (Phi) is 7.66. The van der Waals surface area contributed by atoms with Gasteiger partial charge in [0.1, 0.15) is 5.82 Å². The summed E-state index contributed by atoms with van der Waals surface area (Å²) in [6.45, 7) is 7.86. The van der Waals surface area contributed by atoms with Gasteiger partial charge in [0, 0.05) is 49.0 Å². The highest BCUT2D eigenvalue weighted by Crippen LogP contribution is 2.43. The van der Waals surface area contributed by atoms with Crippen molar-refractivity contribution < 1.29 is 14.0 Å². The van der Waals surface area contributed by atoms with Gasteiger partial charge in [0.25, 0.3) is 11.8 Å². The number of anilines is 1. The molecule has 6 nitrogen and oxygen atoms in total. The lowest BCUT2D eigenvalue weighted by molar-refractivity contribution is 0.0690. The number of fused-ring (bicyclic) bond motifs is 1. The molecule has 2 atom stereocenters. The van der Waals surface area contributed by atoms with Crippen molar-refractivity contribution in [3.05, 3.63) is 63.4 Å². The number of likely N-dealkylation sites (tertiary alicyclic amines) is 1. The first-order chi connectivity index (χ1) is 17.8. The third-order valence-corrected chi connectivity index (χ3v) is 8.68. The van der Waals surface area contributed by atoms with Gasteiger partial charge in [0.15, 0.2) is 0 Å². The Morgan fingerprint density at radius 1 is 1.05 bits per heavy atom. The first-order valence-electron chi connectivity index (χ1n) is 13.2. The van der Waals surface area contributed by atoms with Crippen LogP contribution in [0, 0.1) is 5.82 Å². The first-order valence-corrected chi connectivity index (χ1v) is 13.9. The number of benzene rings is 2. The maximum absolute atomic E-state index is 14.6. The molecule has 0 unspecified atom stereocenters. The van der Waals surface area contributed by atoms with Crippen molar-refractivity contribution in [1.29, 1.82) is 0 Å². The van der Waals surface area contributed by atoms with Crippen molar-refractivity contribution in [2.24, 2.45) is 0 Å². The normalized spacial score (nSPS) is 23.8. The maximum atomic E-state index is 14.6. The molecule has 3 aliphatic rings. The Bertz CT molecular complexity index is 1150. The van der Waals surface area contributed by atoms with Crippen LogP contribution < -0.4 is 10.2 Å². The summed E-state index contributed by atoms with van der Waals surface area (Å²) in [6, 6.07) is 10.1. The number of hydrogen-bond donors (Lipinski definition) is 1. The summed E-state index contributed by atoms with van der Waals surface area (Å²) in [6.07, 6.45) is 4.21. The van der Waals surface area contributed by atoms with Gasteiger partial charge in [-0.1, -0.05) is 30.1 Å². The van der Waals surface area contributed by atoms with Crippen LogP contribution in [0.1, 0.15) is 59.7 Å². The molecule has 2 aromatic rings. The quantitative estimate of drug-likeness (QED) is 0.538. The Labute approximate surface area is 227 Å². The number of halogens is 3. The highest BCUT2D eigenvalue weighted by Gasteiger charge is 2.53. The van der Waals surface area contributed by atoms with Gasteiger partial charge >= 0.3 is 0 Å². The van der Waals surface area contributed by atoms with Crippen LogP contribution in [0.3, 0.4) is 0 Å². The standard InChI is InChI=1S/C28H33Cl2FN4O2/c1-2-11-33-13-15-34(16-14-33)21-7-5-19(6-8-21)26(36)32-28-9-3-4-24(28)35(12-10-28)27(37)25-22(30)17-20(29)18-23(25)31/h5-8,17-18,24H,2-4,9-16H2,1H3,(H,32,36)/t24-,28+/m0/s1. The predicted octanol–water partition coefficient (Wildman–Crippen LogP) is 5.23. The molecule has 3 fully saturated rings. The van der Waals surface area contributed by atoms with E-state index in [0.717, 1.165) is 63.7 Å². The molecule has 1 aliphatic carbocycles. The van der Waals surface area contributed by atoms with E-state index in [0.29, 0.717) is 18.5 Å². The number of piperazine rings is 1. The predicted molar refractivity (Wildman–Crippen MR) is 145 cm³/mol. The number of nitrogens with zero attached hydrogens (tertiary/aromatic N) is 3. The highest BCUT2D eigenvalue weighted by molar-refractivity contribution is 6.36. The molecule has 0 bridgehead atoms. The number of amides is 2. The number of carbonyl (C=O) groups is 2. The van der Waals surface area contributed by atoms with Crippen LogP contribution in [0.25, 0.3) is 0 Å². The molecule has 2 saturated heterocycles. The monoisotopic (exact) mass is 546 g/mol. The summed E-state index contributed by atoms with van der Waals surface area (Å²) in [7, 11) is 0. The van der Waals surface area contributed by atoms with Gasteiger partial charge < -0.3 is 15.1 Å². The Hall–Kier alpha value is -2.35. The largest absolute Gasteiger partial charge is 0.369 e. The van der Waals surface area contributed by atoms with E-state index >= 15 is 0 Å². The summed E-state index contributed by atoms with van der Waals surface area (Å²) in [5.74, 6) is -1.32. The van der Waals surface area contributed by atoms with Crippen molar-refractivity contribution in [3.8, 4) is 0 Å². The number of nitrogens with one attached hydrogen (secondary N) is 1. The zero-order valence-electron chi connectivity index (χ0n) is 21.1. The minimum Gasteiger partial charge on any atom is -0.369 e. The van der Waals surface area contributed by atoms with Crippen LogP contribution in [0.15, 0.2) is 36.4 Å². The first kappa shape index (κ1) is 26.3. The topological polar surface area (TPSA) is 55.9 Å². The zero-order valence-corrected chi connectivity index (χ0v) is 22.6. The van der Waals surface area contributed by atoms with E-state index in [9.17, 15) is 14.0 Å². The van der Waals surface area contributed by atoms with E-state index < -0.39 is 17.3 Å². The van der Waals surface area contributed by atoms with E-state index in [2.05, 4.69) is 22.0 Å². The SMILES string of the molecule is CCCN1CCN(c2ccc(C(=O)N[C@@]34CCC[C@@H]3N(C(=O)c3c(F)cc(Cl)cc3Cl)CC4)cc2)CC1. The number of rotatable bonds is 6. The smallest absolute Gasteiger partial charge is 0.258 e. The molecule has 2 heterocycles. The van der Waals surface area contributed by atoms with Crippen LogP contribution in [-0.2, 0) is 0 Å². The minimum atomic E-state index is -0.728.